The normalized spacial score (nSPS) is 17.1. The molecule has 0 radical (unpaired) electrons. The van der Waals surface area contributed by atoms with Crippen LogP contribution in [0.1, 0.15) is 40.0 Å². The molecule has 0 saturated heterocycles. The summed E-state index contributed by atoms with van der Waals surface area (Å²) in [7, 11) is 0. The first-order chi connectivity index (χ1) is 19.6. The molecule has 7 nitrogen and oxygen atoms in total. The maximum atomic E-state index is 14.0. The van der Waals surface area contributed by atoms with Crippen LogP contribution >= 0.6 is 0 Å². The van der Waals surface area contributed by atoms with Crippen molar-refractivity contribution in [3.05, 3.63) is 65.4 Å². The number of halogens is 9. The fourth-order valence-electron chi connectivity index (χ4n) is 4.13. The van der Waals surface area contributed by atoms with Gasteiger partial charge in [0, 0.05) is 23.9 Å². The van der Waals surface area contributed by atoms with Crippen molar-refractivity contribution in [2.75, 3.05) is 23.8 Å². The second kappa shape index (κ2) is 12.0. The van der Waals surface area contributed by atoms with Crippen LogP contribution < -0.4 is 20.1 Å². The number of hydrogen-bond donors (Lipinski definition) is 2. The van der Waals surface area contributed by atoms with Crippen LogP contribution in [-0.2, 0) is 0 Å². The number of fused-ring (bicyclic) bond motifs is 1. The number of nitrogens with zero attached hydrogens (tertiary/aromatic N) is 2. The first kappa shape index (κ1) is 30.8. The molecule has 16 heteroatoms. The molecule has 1 aliphatic rings. The molecule has 2 N–H and O–H groups in total. The summed E-state index contributed by atoms with van der Waals surface area (Å²) in [6.07, 6.45) is -10.8. The molecule has 42 heavy (non-hydrogen) atoms. The lowest BCUT2D eigenvalue weighted by molar-refractivity contribution is -0.153. The minimum Gasteiger partial charge on any atom is -0.487 e. The van der Waals surface area contributed by atoms with Crippen molar-refractivity contribution in [1.29, 1.82) is 0 Å². The van der Waals surface area contributed by atoms with E-state index in [2.05, 4.69) is 25.2 Å². The van der Waals surface area contributed by atoms with Crippen LogP contribution in [-0.4, -0.2) is 53.9 Å². The fraction of sp³-hybridized carbons (Fsp3) is 0.385. The topological polar surface area (TPSA) is 77.4 Å². The number of anilines is 2. The smallest absolute Gasteiger partial charge is 0.422 e. The fourth-order valence-corrected chi connectivity index (χ4v) is 4.13. The van der Waals surface area contributed by atoms with Crippen LogP contribution in [0.4, 0.5) is 51.0 Å². The van der Waals surface area contributed by atoms with Crippen LogP contribution in [0, 0.1) is 6.92 Å². The zero-order chi connectivity index (χ0) is 30.8. The van der Waals surface area contributed by atoms with Crippen molar-refractivity contribution < 1.29 is 53.8 Å². The van der Waals surface area contributed by atoms with E-state index in [0.29, 0.717) is 5.56 Å². The van der Waals surface area contributed by atoms with Crippen molar-refractivity contribution in [2.24, 2.45) is 0 Å². The van der Waals surface area contributed by atoms with Crippen molar-refractivity contribution >= 4 is 17.4 Å². The Kier molecular flexibility index (Phi) is 8.82. The second-order valence-electron chi connectivity index (χ2n) is 9.50. The highest BCUT2D eigenvalue weighted by Gasteiger charge is 2.42. The first-order valence-electron chi connectivity index (χ1n) is 12.3. The predicted octanol–water partition coefficient (Wildman–Crippen LogP) is 7.03. The summed E-state index contributed by atoms with van der Waals surface area (Å²) in [6.45, 7) is -1.77. The number of aromatic nitrogens is 2. The number of carbonyl (C=O) groups is 1. The van der Waals surface area contributed by atoms with Crippen LogP contribution in [0.2, 0.25) is 0 Å². The Labute approximate surface area is 232 Å². The number of rotatable bonds is 10. The third kappa shape index (κ3) is 7.39. The Morgan fingerprint density at radius 1 is 1.02 bits per heavy atom. The summed E-state index contributed by atoms with van der Waals surface area (Å²) < 4.78 is 128. The van der Waals surface area contributed by atoms with Crippen LogP contribution in [0.25, 0.3) is 0 Å². The highest BCUT2D eigenvalue weighted by atomic mass is 19.4. The Morgan fingerprint density at radius 3 is 2.21 bits per heavy atom. The monoisotopic (exact) mass is 610 g/mol. The Hall–Kier alpha value is -4.11. The molecule has 0 aliphatic carbocycles. The minimum absolute atomic E-state index is 0.0565. The van der Waals surface area contributed by atoms with Gasteiger partial charge in [-0.3, -0.25) is 4.79 Å². The van der Waals surface area contributed by atoms with Gasteiger partial charge in [0.2, 0.25) is 0 Å². The molecule has 0 fully saturated rings. The molecular formula is C26H23F9N4O3. The predicted molar refractivity (Wildman–Crippen MR) is 132 cm³/mol. The number of amides is 1. The van der Waals surface area contributed by atoms with Crippen molar-refractivity contribution in [2.45, 2.75) is 50.4 Å². The average molecular weight is 610 g/mol. The summed E-state index contributed by atoms with van der Waals surface area (Å²) in [4.78, 5) is 13.2. The molecule has 2 unspecified atom stereocenters. The number of aryl methyl sites for hydroxylation is 1. The van der Waals surface area contributed by atoms with Gasteiger partial charge in [0.05, 0.1) is 12.2 Å². The molecule has 2 aromatic carbocycles. The molecule has 1 amide bonds. The molecule has 0 saturated carbocycles. The SMILES string of the molecule is Cc1ccc(C2CC(C(F)F)n3ncc(C(=O)Nc4cc(OCC(F)(F)F)cc(OCC(F)(F)C(F)F)c4)c3N2)cc1. The second-order valence-corrected chi connectivity index (χ2v) is 9.50. The van der Waals surface area contributed by atoms with Gasteiger partial charge < -0.3 is 20.1 Å². The lowest BCUT2D eigenvalue weighted by Gasteiger charge is -2.32. The van der Waals surface area contributed by atoms with E-state index < -0.39 is 67.7 Å². The number of benzene rings is 2. The Morgan fingerprint density at radius 2 is 1.64 bits per heavy atom. The van der Waals surface area contributed by atoms with Crippen LogP contribution in [0.15, 0.2) is 48.7 Å². The lowest BCUT2D eigenvalue weighted by Crippen LogP contribution is -2.33. The number of hydrogen-bond acceptors (Lipinski definition) is 5. The lowest BCUT2D eigenvalue weighted by atomic mass is 9.96. The van der Waals surface area contributed by atoms with E-state index in [0.717, 1.165) is 34.6 Å². The molecule has 2 atom stereocenters. The number of nitrogens with one attached hydrogen (secondary N) is 2. The summed E-state index contributed by atoms with van der Waals surface area (Å²) in [5, 5.41) is 9.23. The molecule has 228 valence electrons. The third-order valence-electron chi connectivity index (χ3n) is 6.20. The van der Waals surface area contributed by atoms with Gasteiger partial charge in [0.1, 0.15) is 28.9 Å². The van der Waals surface area contributed by atoms with Gasteiger partial charge in [-0.25, -0.2) is 22.2 Å². The molecule has 1 aliphatic heterocycles. The highest BCUT2D eigenvalue weighted by molar-refractivity contribution is 6.07. The van der Waals surface area contributed by atoms with E-state index in [-0.39, 0.29) is 23.5 Å². The van der Waals surface area contributed by atoms with Gasteiger partial charge in [0.15, 0.2) is 13.2 Å². The number of ether oxygens (including phenoxy) is 2. The molecule has 0 spiro atoms. The standard InChI is InChI=1S/C26H23F9N4O3/c1-13-2-4-14(5-3-13)19-9-20(21(27)28)39-22(38-19)18(10-36-39)23(40)37-15-6-16(41-11-25(31,32)24(29)30)8-17(7-15)42-12-26(33,34)35/h2-8,10,19-21,24,38H,9,11-12H2,1H3,(H,37,40). The number of alkyl halides is 9. The maximum Gasteiger partial charge on any atom is 0.422 e. The summed E-state index contributed by atoms with van der Waals surface area (Å²) >= 11 is 0. The van der Waals surface area contributed by atoms with Crippen molar-refractivity contribution in [3.8, 4) is 11.5 Å². The quantitative estimate of drug-likeness (QED) is 0.241. The largest absolute Gasteiger partial charge is 0.487 e. The minimum atomic E-state index is -4.79. The van der Waals surface area contributed by atoms with Crippen LogP contribution in [0.5, 0.6) is 11.5 Å². The number of carbonyl (C=O) groups excluding carboxylic acids is 1. The van der Waals surface area contributed by atoms with E-state index in [1.165, 1.54) is 0 Å². The average Bonchev–Trinajstić information content (AvgIpc) is 3.34. The molecule has 2 heterocycles. The molecular weight excluding hydrogens is 587 g/mol. The van der Waals surface area contributed by atoms with Gasteiger partial charge in [0.25, 0.3) is 12.3 Å². The Balaban J connectivity index is 1.61. The van der Waals surface area contributed by atoms with Crippen LogP contribution in [0.3, 0.4) is 0 Å². The summed E-state index contributed by atoms with van der Waals surface area (Å²) in [5.41, 5.74) is 1.06. The van der Waals surface area contributed by atoms with Gasteiger partial charge in [-0.05, 0) is 18.9 Å². The van der Waals surface area contributed by atoms with Gasteiger partial charge in [-0.2, -0.15) is 27.1 Å². The zero-order valence-corrected chi connectivity index (χ0v) is 21.6. The maximum absolute atomic E-state index is 14.0. The molecule has 4 rings (SSSR count). The first-order valence-corrected chi connectivity index (χ1v) is 12.3. The third-order valence-corrected chi connectivity index (χ3v) is 6.20. The van der Waals surface area contributed by atoms with E-state index in [4.69, 9.17) is 0 Å². The van der Waals surface area contributed by atoms with E-state index in [9.17, 15) is 44.3 Å². The molecule has 3 aromatic rings. The Bertz CT molecular complexity index is 1390. The van der Waals surface area contributed by atoms with E-state index in [1.54, 1.807) is 24.3 Å². The molecule has 1 aromatic heterocycles. The van der Waals surface area contributed by atoms with Gasteiger partial charge >= 0.3 is 18.5 Å². The summed E-state index contributed by atoms with van der Waals surface area (Å²) in [5.74, 6) is -6.81. The zero-order valence-electron chi connectivity index (χ0n) is 21.6. The van der Waals surface area contributed by atoms with Gasteiger partial charge in [-0.1, -0.05) is 29.8 Å². The van der Waals surface area contributed by atoms with Gasteiger partial charge in [-0.15, -0.1) is 0 Å². The van der Waals surface area contributed by atoms with E-state index >= 15 is 0 Å². The highest BCUT2D eigenvalue weighted by Crippen LogP contribution is 2.40. The van der Waals surface area contributed by atoms with Crippen molar-refractivity contribution in [3.63, 3.8) is 0 Å². The summed E-state index contributed by atoms with van der Waals surface area (Å²) in [6, 6.07) is 7.58. The molecule has 0 bridgehead atoms. The van der Waals surface area contributed by atoms with E-state index in [1.807, 2.05) is 6.92 Å². The van der Waals surface area contributed by atoms with Crippen molar-refractivity contribution in [1.82, 2.24) is 9.78 Å².